The van der Waals surface area contributed by atoms with Crippen LogP contribution >= 0.6 is 23.7 Å². The molecule has 1 N–H and O–H groups in total. The van der Waals surface area contributed by atoms with Gasteiger partial charge in [-0.05, 0) is 38.2 Å². The lowest BCUT2D eigenvalue weighted by atomic mass is 9.95. The summed E-state index contributed by atoms with van der Waals surface area (Å²) >= 11 is 1.95. The van der Waals surface area contributed by atoms with Gasteiger partial charge in [0.15, 0.2) is 0 Å². The predicted molar refractivity (Wildman–Crippen MR) is 77.6 cm³/mol. The minimum atomic E-state index is 0. The minimum Gasteiger partial charge on any atom is -0.317 e. The number of rotatable bonds is 0. The van der Waals surface area contributed by atoms with E-state index in [0.29, 0.717) is 0 Å². The maximum Gasteiger partial charge on any atom is 0.208 e. The van der Waals surface area contributed by atoms with Gasteiger partial charge in [0, 0.05) is 16.6 Å². The van der Waals surface area contributed by atoms with E-state index in [2.05, 4.69) is 28.0 Å². The van der Waals surface area contributed by atoms with Gasteiger partial charge in [-0.3, -0.25) is 0 Å². The fourth-order valence-electron chi connectivity index (χ4n) is 2.94. The highest BCUT2D eigenvalue weighted by atomic mass is 35.5. The zero-order valence-corrected chi connectivity index (χ0v) is 12.0. The average Bonchev–Trinajstić information content (AvgIpc) is 2.84. The van der Waals surface area contributed by atoms with Gasteiger partial charge in [0.25, 0.3) is 0 Å². The van der Waals surface area contributed by atoms with Crippen molar-refractivity contribution in [3.05, 3.63) is 27.9 Å². The lowest BCUT2D eigenvalue weighted by Crippen LogP contribution is -2.12. The molecule has 0 fully saturated rings. The van der Waals surface area contributed by atoms with E-state index in [1.807, 2.05) is 11.3 Å². The Morgan fingerprint density at radius 2 is 2.11 bits per heavy atom. The molecule has 2 aromatic heterocycles. The zero-order valence-electron chi connectivity index (χ0n) is 10.3. The summed E-state index contributed by atoms with van der Waals surface area (Å²) in [7, 11) is 0. The lowest BCUT2D eigenvalue weighted by Gasteiger charge is -2.18. The molecule has 5 heteroatoms. The number of aryl methyl sites for hydroxylation is 2. The van der Waals surface area contributed by atoms with Gasteiger partial charge >= 0.3 is 0 Å². The maximum absolute atomic E-state index is 4.51. The summed E-state index contributed by atoms with van der Waals surface area (Å²) in [6.45, 7) is 3.06. The van der Waals surface area contributed by atoms with Crippen LogP contribution in [0.1, 0.15) is 34.5 Å². The molecule has 0 atom stereocenters. The fourth-order valence-corrected chi connectivity index (χ4v) is 4.23. The molecule has 0 saturated carbocycles. The second-order valence-corrected chi connectivity index (χ2v) is 6.08. The SMILES string of the molecule is Cc1cn2c(n1)Nc1sc3c(c1C2)CCCC3.Cl. The Morgan fingerprint density at radius 1 is 1.28 bits per heavy atom. The summed E-state index contributed by atoms with van der Waals surface area (Å²) in [5, 5.41) is 4.83. The van der Waals surface area contributed by atoms with Crippen LogP contribution < -0.4 is 5.32 Å². The number of anilines is 2. The topological polar surface area (TPSA) is 29.9 Å². The molecular formula is C13H16ClN3S. The van der Waals surface area contributed by atoms with Crippen molar-refractivity contribution in [2.24, 2.45) is 0 Å². The number of aromatic nitrogens is 2. The van der Waals surface area contributed by atoms with Crippen molar-refractivity contribution >= 4 is 34.7 Å². The second-order valence-electron chi connectivity index (χ2n) is 4.98. The van der Waals surface area contributed by atoms with E-state index < -0.39 is 0 Å². The molecule has 1 aliphatic carbocycles. The van der Waals surface area contributed by atoms with Crippen LogP contribution in [0.4, 0.5) is 10.9 Å². The van der Waals surface area contributed by atoms with Crippen molar-refractivity contribution in [2.45, 2.75) is 39.2 Å². The molecule has 0 saturated heterocycles. The Hall–Kier alpha value is -1.00. The number of thiophene rings is 1. The third-order valence-corrected chi connectivity index (χ3v) is 4.98. The van der Waals surface area contributed by atoms with Crippen LogP contribution in [0.2, 0.25) is 0 Å². The number of halogens is 1. The highest BCUT2D eigenvalue weighted by molar-refractivity contribution is 7.16. The first-order valence-electron chi connectivity index (χ1n) is 6.25. The first-order valence-corrected chi connectivity index (χ1v) is 7.07. The number of nitrogens with one attached hydrogen (secondary N) is 1. The van der Waals surface area contributed by atoms with Crippen LogP contribution in [0.25, 0.3) is 0 Å². The molecule has 96 valence electrons. The average molecular weight is 282 g/mol. The number of hydrogen-bond acceptors (Lipinski definition) is 3. The molecule has 0 amide bonds. The Morgan fingerprint density at radius 3 is 3.00 bits per heavy atom. The fraction of sp³-hybridized carbons (Fsp3) is 0.462. The summed E-state index contributed by atoms with van der Waals surface area (Å²) in [5.41, 5.74) is 4.24. The van der Waals surface area contributed by atoms with Gasteiger partial charge in [-0.1, -0.05) is 0 Å². The van der Waals surface area contributed by atoms with E-state index in [1.54, 1.807) is 10.4 Å². The number of nitrogens with zero attached hydrogens (tertiary/aromatic N) is 2. The van der Waals surface area contributed by atoms with Crippen molar-refractivity contribution < 1.29 is 0 Å². The molecular weight excluding hydrogens is 266 g/mol. The molecule has 4 rings (SSSR count). The number of imidazole rings is 1. The van der Waals surface area contributed by atoms with Crippen LogP contribution in [0.5, 0.6) is 0 Å². The van der Waals surface area contributed by atoms with Crippen molar-refractivity contribution in [1.82, 2.24) is 9.55 Å². The molecule has 0 spiro atoms. The molecule has 3 heterocycles. The molecule has 1 aliphatic heterocycles. The largest absolute Gasteiger partial charge is 0.317 e. The van der Waals surface area contributed by atoms with Crippen LogP contribution in [0.3, 0.4) is 0 Å². The number of hydrogen-bond donors (Lipinski definition) is 1. The van der Waals surface area contributed by atoms with Gasteiger partial charge in [-0.2, -0.15) is 0 Å². The molecule has 2 aromatic rings. The van der Waals surface area contributed by atoms with E-state index in [0.717, 1.165) is 18.2 Å². The third kappa shape index (κ3) is 1.67. The van der Waals surface area contributed by atoms with Crippen LogP contribution in [0.15, 0.2) is 6.20 Å². The summed E-state index contributed by atoms with van der Waals surface area (Å²) in [5.74, 6) is 1.01. The lowest BCUT2D eigenvalue weighted by molar-refractivity contribution is 0.682. The predicted octanol–water partition coefficient (Wildman–Crippen LogP) is 3.66. The maximum atomic E-state index is 4.51. The third-order valence-electron chi connectivity index (χ3n) is 3.73. The van der Waals surface area contributed by atoms with Crippen LogP contribution in [-0.4, -0.2) is 9.55 Å². The molecule has 18 heavy (non-hydrogen) atoms. The van der Waals surface area contributed by atoms with Crippen molar-refractivity contribution in [2.75, 3.05) is 5.32 Å². The van der Waals surface area contributed by atoms with E-state index in [9.17, 15) is 0 Å². The smallest absolute Gasteiger partial charge is 0.208 e. The summed E-state index contributed by atoms with van der Waals surface area (Å²) in [6, 6.07) is 0. The Bertz CT molecular complexity index is 600. The van der Waals surface area contributed by atoms with Crippen LogP contribution in [-0.2, 0) is 19.4 Å². The van der Waals surface area contributed by atoms with Crippen molar-refractivity contribution in [3.8, 4) is 0 Å². The summed E-state index contributed by atoms with van der Waals surface area (Å²) in [4.78, 5) is 6.12. The summed E-state index contributed by atoms with van der Waals surface area (Å²) in [6.07, 6.45) is 7.39. The van der Waals surface area contributed by atoms with E-state index >= 15 is 0 Å². The number of fused-ring (bicyclic) bond motifs is 4. The monoisotopic (exact) mass is 281 g/mol. The molecule has 0 bridgehead atoms. The van der Waals surface area contributed by atoms with Gasteiger partial charge < -0.3 is 9.88 Å². The molecule has 0 radical (unpaired) electrons. The quantitative estimate of drug-likeness (QED) is 0.681. The Kier molecular flexibility index (Phi) is 2.87. The van der Waals surface area contributed by atoms with E-state index in [1.165, 1.54) is 36.2 Å². The normalized spacial score (nSPS) is 16.1. The summed E-state index contributed by atoms with van der Waals surface area (Å²) < 4.78 is 2.24. The Labute approximate surface area is 117 Å². The minimum absolute atomic E-state index is 0. The van der Waals surface area contributed by atoms with E-state index in [4.69, 9.17) is 0 Å². The van der Waals surface area contributed by atoms with Crippen molar-refractivity contribution in [1.29, 1.82) is 0 Å². The van der Waals surface area contributed by atoms with Crippen LogP contribution in [0, 0.1) is 6.92 Å². The van der Waals surface area contributed by atoms with E-state index in [-0.39, 0.29) is 12.4 Å². The molecule has 2 aliphatic rings. The van der Waals surface area contributed by atoms with Gasteiger partial charge in [0.2, 0.25) is 5.95 Å². The van der Waals surface area contributed by atoms with Gasteiger partial charge in [0.1, 0.15) is 5.00 Å². The molecule has 0 aromatic carbocycles. The molecule has 0 unspecified atom stereocenters. The Balaban J connectivity index is 0.000001000. The van der Waals surface area contributed by atoms with Gasteiger partial charge in [0.05, 0.1) is 12.2 Å². The standard InChI is InChI=1S/C13H15N3S.ClH/c1-8-6-16-7-10-9-4-2-3-5-11(9)17-12(10)15-13(16)14-8;/h6H,2-5,7H2,1H3,(H,14,15);1H. The first kappa shape index (κ1) is 12.1. The zero-order chi connectivity index (χ0) is 11.4. The first-order chi connectivity index (χ1) is 8.31. The second kappa shape index (κ2) is 4.28. The van der Waals surface area contributed by atoms with Gasteiger partial charge in [-0.25, -0.2) is 4.98 Å². The highest BCUT2D eigenvalue weighted by Gasteiger charge is 2.25. The molecule has 3 nitrogen and oxygen atoms in total. The van der Waals surface area contributed by atoms with Gasteiger partial charge in [-0.15, -0.1) is 23.7 Å². The van der Waals surface area contributed by atoms with Crippen molar-refractivity contribution in [3.63, 3.8) is 0 Å². The highest BCUT2D eigenvalue weighted by Crippen LogP contribution is 2.42.